The van der Waals surface area contributed by atoms with Gasteiger partial charge in [-0.3, -0.25) is 0 Å². The van der Waals surface area contributed by atoms with E-state index in [1.165, 1.54) is 4.88 Å². The van der Waals surface area contributed by atoms with Crippen LogP contribution < -0.4 is 0 Å². The lowest BCUT2D eigenvalue weighted by atomic mass is 10.5. The van der Waals surface area contributed by atoms with Gasteiger partial charge in [-0.05, 0) is 12.1 Å². The Balaban J connectivity index is 2.84. The van der Waals surface area contributed by atoms with Gasteiger partial charge in [0.25, 0.3) is 0 Å². The first-order chi connectivity index (χ1) is 3.83. The van der Waals surface area contributed by atoms with Crippen molar-refractivity contribution >= 4 is 35.6 Å². The molecule has 1 aromatic rings. The van der Waals surface area contributed by atoms with Gasteiger partial charge >= 0.3 is 0 Å². The Bertz CT molecular complexity index is 171. The van der Waals surface area contributed by atoms with E-state index in [-0.39, 0.29) is 0 Å². The number of hydrogen-bond donors (Lipinski definition) is 1. The molecule has 1 rings (SSSR count). The van der Waals surface area contributed by atoms with Crippen LogP contribution in [0, 0.1) is 0 Å². The van der Waals surface area contributed by atoms with Gasteiger partial charge in [0.15, 0.2) is 0 Å². The number of hydrogen-bond acceptors (Lipinski definition) is 2. The van der Waals surface area contributed by atoms with Crippen LogP contribution >= 0.6 is 35.6 Å². The molecule has 0 saturated heterocycles. The highest BCUT2D eigenvalue weighted by Crippen LogP contribution is 2.22. The molecule has 1 heterocycles. The Morgan fingerprint density at radius 2 is 2.38 bits per heavy atom. The summed E-state index contributed by atoms with van der Waals surface area (Å²) < 4.78 is 0.842. The predicted octanol–water partition coefficient (Wildman–Crippen LogP) is 2.83. The lowest BCUT2D eigenvalue weighted by Crippen LogP contribution is -1.58. The molecule has 3 heteroatoms. The molecule has 0 aliphatic carbocycles. The van der Waals surface area contributed by atoms with Gasteiger partial charge in [-0.25, -0.2) is 0 Å². The fourth-order valence-electron chi connectivity index (χ4n) is 0.437. The number of halogens is 1. The molecule has 0 nitrogen and oxygen atoms in total. The van der Waals surface area contributed by atoms with Crippen LogP contribution in [0.3, 0.4) is 0 Å². The van der Waals surface area contributed by atoms with Gasteiger partial charge in [-0.15, -0.1) is 11.3 Å². The van der Waals surface area contributed by atoms with Crippen LogP contribution in [0.15, 0.2) is 12.1 Å². The summed E-state index contributed by atoms with van der Waals surface area (Å²) in [4.78, 5) is 1.22. The standard InChI is InChI=1S/C5H5ClS2/c6-5-2-1-4(3-7)8-5/h1-2,7H,3H2. The van der Waals surface area contributed by atoms with Gasteiger partial charge in [-0.1, -0.05) is 11.6 Å². The molecule has 0 aliphatic heterocycles. The zero-order chi connectivity index (χ0) is 5.98. The van der Waals surface area contributed by atoms with Crippen molar-refractivity contribution in [1.82, 2.24) is 0 Å². The highest BCUT2D eigenvalue weighted by Gasteiger charge is 1.91. The molecule has 8 heavy (non-hydrogen) atoms. The fourth-order valence-corrected chi connectivity index (χ4v) is 1.68. The summed E-state index contributed by atoms with van der Waals surface area (Å²) >= 11 is 11.3. The van der Waals surface area contributed by atoms with Crippen LogP contribution in [-0.2, 0) is 5.75 Å². The average molecular weight is 165 g/mol. The minimum absolute atomic E-state index is 0.789. The van der Waals surface area contributed by atoms with Gasteiger partial charge in [0, 0.05) is 10.6 Å². The van der Waals surface area contributed by atoms with Crippen molar-refractivity contribution in [3.63, 3.8) is 0 Å². The Kier molecular flexibility index (Phi) is 2.23. The average Bonchev–Trinajstić information content (AvgIpc) is 2.14. The second-order valence-electron chi connectivity index (χ2n) is 1.36. The van der Waals surface area contributed by atoms with Gasteiger partial charge < -0.3 is 0 Å². The molecule has 0 spiro atoms. The first-order valence-corrected chi connectivity index (χ1v) is 4.00. The zero-order valence-corrected chi connectivity index (χ0v) is 6.56. The van der Waals surface area contributed by atoms with Crippen LogP contribution in [-0.4, -0.2) is 0 Å². The summed E-state index contributed by atoms with van der Waals surface area (Å²) in [6.45, 7) is 0. The highest BCUT2D eigenvalue weighted by atomic mass is 35.5. The van der Waals surface area contributed by atoms with Gasteiger partial charge in [0.1, 0.15) is 0 Å². The Morgan fingerprint density at radius 1 is 1.62 bits per heavy atom. The molecular weight excluding hydrogens is 160 g/mol. The van der Waals surface area contributed by atoms with Crippen molar-refractivity contribution in [3.05, 3.63) is 21.3 Å². The van der Waals surface area contributed by atoms with E-state index in [1.807, 2.05) is 12.1 Å². The lowest BCUT2D eigenvalue weighted by molar-refractivity contribution is 1.57. The van der Waals surface area contributed by atoms with Gasteiger partial charge in [0.05, 0.1) is 4.34 Å². The van der Waals surface area contributed by atoms with E-state index in [2.05, 4.69) is 12.6 Å². The summed E-state index contributed by atoms with van der Waals surface area (Å²) in [5, 5.41) is 0. The summed E-state index contributed by atoms with van der Waals surface area (Å²) in [7, 11) is 0. The molecule has 0 aliphatic rings. The second-order valence-corrected chi connectivity index (χ2v) is 3.48. The molecule has 44 valence electrons. The van der Waals surface area contributed by atoms with Crippen LogP contribution in [0.5, 0.6) is 0 Å². The molecule has 1 aromatic heterocycles. The topological polar surface area (TPSA) is 0 Å². The van der Waals surface area contributed by atoms with E-state index in [1.54, 1.807) is 11.3 Å². The van der Waals surface area contributed by atoms with E-state index in [9.17, 15) is 0 Å². The van der Waals surface area contributed by atoms with Crippen LogP contribution in [0.1, 0.15) is 4.88 Å². The Morgan fingerprint density at radius 3 is 2.62 bits per heavy atom. The molecule has 0 N–H and O–H groups in total. The molecular formula is C5H5ClS2. The molecule has 0 saturated carbocycles. The summed E-state index contributed by atoms with van der Waals surface area (Å²) in [6, 6.07) is 3.87. The minimum Gasteiger partial charge on any atom is -0.174 e. The zero-order valence-electron chi connectivity index (χ0n) is 4.10. The van der Waals surface area contributed by atoms with E-state index in [4.69, 9.17) is 11.6 Å². The Hall–Kier alpha value is 0.340. The molecule has 0 aromatic carbocycles. The van der Waals surface area contributed by atoms with Crippen molar-refractivity contribution < 1.29 is 0 Å². The number of thiol groups is 1. The largest absolute Gasteiger partial charge is 0.174 e. The maximum atomic E-state index is 5.62. The maximum Gasteiger partial charge on any atom is 0.0931 e. The van der Waals surface area contributed by atoms with Crippen LogP contribution in [0.2, 0.25) is 4.34 Å². The van der Waals surface area contributed by atoms with E-state index >= 15 is 0 Å². The summed E-state index contributed by atoms with van der Waals surface area (Å²) in [6.07, 6.45) is 0. The third-order valence-corrected chi connectivity index (χ3v) is 2.57. The monoisotopic (exact) mass is 164 g/mol. The molecule has 0 fully saturated rings. The van der Waals surface area contributed by atoms with Crippen molar-refractivity contribution in [2.24, 2.45) is 0 Å². The third kappa shape index (κ3) is 1.41. The third-order valence-electron chi connectivity index (χ3n) is 0.785. The fraction of sp³-hybridized carbons (Fsp3) is 0.200. The van der Waals surface area contributed by atoms with Crippen molar-refractivity contribution in [2.75, 3.05) is 0 Å². The van der Waals surface area contributed by atoms with Crippen molar-refractivity contribution in [1.29, 1.82) is 0 Å². The minimum atomic E-state index is 0.789. The molecule has 0 unspecified atom stereocenters. The van der Waals surface area contributed by atoms with E-state index < -0.39 is 0 Å². The maximum absolute atomic E-state index is 5.62. The molecule has 0 radical (unpaired) electrons. The second kappa shape index (κ2) is 2.76. The number of rotatable bonds is 1. The summed E-state index contributed by atoms with van der Waals surface area (Å²) in [5.41, 5.74) is 0. The van der Waals surface area contributed by atoms with Crippen molar-refractivity contribution in [2.45, 2.75) is 5.75 Å². The smallest absolute Gasteiger partial charge is 0.0931 e. The van der Waals surface area contributed by atoms with E-state index in [0.717, 1.165) is 10.1 Å². The quantitative estimate of drug-likeness (QED) is 0.607. The molecule has 0 amide bonds. The first-order valence-electron chi connectivity index (χ1n) is 2.18. The van der Waals surface area contributed by atoms with Crippen LogP contribution in [0.4, 0.5) is 0 Å². The first kappa shape index (κ1) is 6.46. The van der Waals surface area contributed by atoms with Gasteiger partial charge in [-0.2, -0.15) is 12.6 Å². The van der Waals surface area contributed by atoms with Gasteiger partial charge in [0.2, 0.25) is 0 Å². The molecule has 0 bridgehead atoms. The lowest BCUT2D eigenvalue weighted by Gasteiger charge is -1.79. The molecule has 0 atom stereocenters. The van der Waals surface area contributed by atoms with Crippen molar-refractivity contribution in [3.8, 4) is 0 Å². The Labute approximate surface area is 62.9 Å². The highest BCUT2D eigenvalue weighted by molar-refractivity contribution is 7.79. The normalized spacial score (nSPS) is 9.75. The van der Waals surface area contributed by atoms with Crippen LogP contribution in [0.25, 0.3) is 0 Å². The SMILES string of the molecule is SCc1ccc(Cl)s1. The predicted molar refractivity (Wildman–Crippen MR) is 42.0 cm³/mol. The number of thiophene rings is 1. The van der Waals surface area contributed by atoms with E-state index in [0.29, 0.717) is 0 Å². The summed E-state index contributed by atoms with van der Waals surface area (Å²) in [5.74, 6) is 0.789.